The molecule has 1 fully saturated rings. The van der Waals surface area contributed by atoms with Gasteiger partial charge in [0.2, 0.25) is 5.91 Å². The SMILES string of the molecule is CC/C=C\C/C=C\C/C=C\C/C=C\C/C=C\CCCCCCCCCCCCCCCCCCCCCCCCCCCC(=O)NC(COC1OC(CO)C(O)C(O)C1O)C(O)/C=C/CC/C=C/CCCC. The van der Waals surface area contributed by atoms with Crippen molar-refractivity contribution in [1.82, 2.24) is 5.32 Å². The Hall–Kier alpha value is -2.63. The van der Waals surface area contributed by atoms with E-state index >= 15 is 0 Å². The lowest BCUT2D eigenvalue weighted by Gasteiger charge is -2.40. The number of unbranched alkanes of at least 4 members (excludes halogenated alkanes) is 28. The molecule has 9 heteroatoms. The monoisotopic (exact) mass is 1010 g/mol. The number of rotatable bonds is 50. The number of ether oxygens (including phenoxy) is 2. The Morgan fingerprint density at radius 1 is 0.486 bits per heavy atom. The summed E-state index contributed by atoms with van der Waals surface area (Å²) in [7, 11) is 0. The number of carbonyl (C=O) groups is 1. The molecule has 72 heavy (non-hydrogen) atoms. The van der Waals surface area contributed by atoms with Gasteiger partial charge < -0.3 is 40.3 Å². The van der Waals surface area contributed by atoms with Crippen molar-refractivity contribution in [1.29, 1.82) is 0 Å². The first-order valence-electron chi connectivity index (χ1n) is 29.8. The second kappa shape index (κ2) is 51.8. The molecule has 0 spiro atoms. The van der Waals surface area contributed by atoms with Gasteiger partial charge in [-0.2, -0.15) is 0 Å². The average Bonchev–Trinajstić information content (AvgIpc) is 3.38. The first-order valence-corrected chi connectivity index (χ1v) is 29.8. The van der Waals surface area contributed by atoms with Crippen molar-refractivity contribution in [3.63, 3.8) is 0 Å². The van der Waals surface area contributed by atoms with Crippen LogP contribution >= 0.6 is 0 Å². The van der Waals surface area contributed by atoms with Gasteiger partial charge in [-0.15, -0.1) is 0 Å². The predicted molar refractivity (Wildman–Crippen MR) is 304 cm³/mol. The largest absolute Gasteiger partial charge is 0.394 e. The van der Waals surface area contributed by atoms with Crippen LogP contribution in [0.4, 0.5) is 0 Å². The molecular formula is C63H111NO8. The number of hydrogen-bond acceptors (Lipinski definition) is 8. The van der Waals surface area contributed by atoms with Crippen molar-refractivity contribution in [3.05, 3.63) is 85.1 Å². The first-order chi connectivity index (χ1) is 35.3. The molecule has 1 rings (SSSR count). The Kier molecular flexibility index (Phi) is 48.5. The van der Waals surface area contributed by atoms with Crippen molar-refractivity contribution >= 4 is 5.91 Å². The molecule has 0 bridgehead atoms. The van der Waals surface area contributed by atoms with Crippen molar-refractivity contribution in [2.75, 3.05) is 13.2 Å². The maximum Gasteiger partial charge on any atom is 0.220 e. The van der Waals surface area contributed by atoms with Crippen molar-refractivity contribution in [2.24, 2.45) is 0 Å². The van der Waals surface area contributed by atoms with Gasteiger partial charge in [0.05, 0.1) is 25.4 Å². The highest BCUT2D eigenvalue weighted by atomic mass is 16.7. The molecule has 0 aliphatic carbocycles. The second-order valence-corrected chi connectivity index (χ2v) is 20.4. The van der Waals surface area contributed by atoms with Gasteiger partial charge in [-0.25, -0.2) is 0 Å². The summed E-state index contributed by atoms with van der Waals surface area (Å²) >= 11 is 0. The van der Waals surface area contributed by atoms with Gasteiger partial charge in [-0.3, -0.25) is 4.79 Å². The fourth-order valence-corrected chi connectivity index (χ4v) is 9.01. The minimum atomic E-state index is -1.57. The topological polar surface area (TPSA) is 149 Å². The molecule has 1 saturated heterocycles. The van der Waals surface area contributed by atoms with Crippen LogP contribution in [0.1, 0.15) is 251 Å². The normalized spacial score (nSPS) is 19.8. The highest BCUT2D eigenvalue weighted by molar-refractivity contribution is 5.76. The molecule has 9 nitrogen and oxygen atoms in total. The molecule has 0 aromatic carbocycles. The summed E-state index contributed by atoms with van der Waals surface area (Å²) in [5.41, 5.74) is 0. The molecule has 416 valence electrons. The van der Waals surface area contributed by atoms with E-state index in [0.29, 0.717) is 6.42 Å². The average molecular weight is 1010 g/mol. The zero-order valence-electron chi connectivity index (χ0n) is 46.2. The molecule has 1 amide bonds. The number of hydrogen-bond donors (Lipinski definition) is 6. The van der Waals surface area contributed by atoms with Crippen LogP contribution in [-0.4, -0.2) is 87.5 Å². The van der Waals surface area contributed by atoms with E-state index in [4.69, 9.17) is 9.47 Å². The molecule has 0 aromatic heterocycles. The summed E-state index contributed by atoms with van der Waals surface area (Å²) in [5.74, 6) is -0.189. The predicted octanol–water partition coefficient (Wildman–Crippen LogP) is 15.0. The molecule has 6 N–H and O–H groups in total. The molecule has 1 heterocycles. The molecule has 7 unspecified atom stereocenters. The number of aliphatic hydroxyl groups excluding tert-OH is 5. The lowest BCUT2D eigenvalue weighted by molar-refractivity contribution is -0.302. The third-order valence-corrected chi connectivity index (χ3v) is 13.7. The number of aliphatic hydroxyl groups is 5. The molecule has 0 aromatic rings. The van der Waals surface area contributed by atoms with E-state index in [1.807, 2.05) is 6.08 Å². The Morgan fingerprint density at radius 3 is 1.33 bits per heavy atom. The summed E-state index contributed by atoms with van der Waals surface area (Å²) < 4.78 is 11.2. The van der Waals surface area contributed by atoms with Crippen LogP contribution in [0.25, 0.3) is 0 Å². The van der Waals surface area contributed by atoms with Gasteiger partial charge in [-0.05, 0) is 70.6 Å². The Morgan fingerprint density at radius 2 is 0.875 bits per heavy atom. The van der Waals surface area contributed by atoms with E-state index in [9.17, 15) is 30.3 Å². The maximum absolute atomic E-state index is 13.0. The molecule has 0 radical (unpaired) electrons. The van der Waals surface area contributed by atoms with E-state index in [1.165, 1.54) is 148 Å². The molecule has 7 atom stereocenters. The van der Waals surface area contributed by atoms with Crippen molar-refractivity contribution in [3.8, 4) is 0 Å². The van der Waals surface area contributed by atoms with Crippen molar-refractivity contribution in [2.45, 2.75) is 294 Å². The quantitative estimate of drug-likeness (QED) is 0.0261. The summed E-state index contributed by atoms with van der Waals surface area (Å²) in [6.45, 7) is 3.57. The summed E-state index contributed by atoms with van der Waals surface area (Å²) in [6.07, 6.45) is 67.2. The van der Waals surface area contributed by atoms with Crippen LogP contribution in [0, 0.1) is 0 Å². The van der Waals surface area contributed by atoms with Gasteiger partial charge in [0.15, 0.2) is 6.29 Å². The van der Waals surface area contributed by atoms with E-state index in [0.717, 1.165) is 83.5 Å². The number of allylic oxidation sites excluding steroid dienone is 13. The van der Waals surface area contributed by atoms with Gasteiger partial charge in [0.1, 0.15) is 24.4 Å². The van der Waals surface area contributed by atoms with Gasteiger partial charge in [0, 0.05) is 6.42 Å². The van der Waals surface area contributed by atoms with Crippen LogP contribution in [0.2, 0.25) is 0 Å². The van der Waals surface area contributed by atoms with Crippen LogP contribution in [0.15, 0.2) is 85.1 Å². The fraction of sp³-hybridized carbons (Fsp3) is 0.762. The van der Waals surface area contributed by atoms with E-state index < -0.39 is 49.5 Å². The first kappa shape index (κ1) is 67.4. The lowest BCUT2D eigenvalue weighted by atomic mass is 9.99. The minimum absolute atomic E-state index is 0.189. The Bertz CT molecular complexity index is 1400. The lowest BCUT2D eigenvalue weighted by Crippen LogP contribution is -2.60. The standard InChI is InChI=1S/C63H111NO8/c1-3-5-7-9-11-13-14-15-16-17-18-19-20-21-22-23-24-25-26-27-28-29-30-31-32-33-34-35-36-37-38-39-40-41-42-43-44-45-47-49-51-53-59(67)64-56(57(66)52-50-48-46-12-10-8-6-4-2)55-71-63-62(70)61(69)60(68)58(54-65)72-63/h5,7,10-13,15-16,18-19,21-22,50,52,56-58,60-63,65-66,68-70H,3-4,6,8-9,14,17,20,23-49,51,53-55H2,1-2H3,(H,64,67)/b7-5-,12-10+,13-11-,16-15-,19-18-,22-21-,52-50+. The summed E-state index contributed by atoms with van der Waals surface area (Å²) in [5, 5.41) is 54.1. The summed E-state index contributed by atoms with van der Waals surface area (Å²) in [4.78, 5) is 13.0. The van der Waals surface area contributed by atoms with Crippen molar-refractivity contribution < 1.29 is 39.8 Å². The highest BCUT2D eigenvalue weighted by Gasteiger charge is 2.44. The van der Waals surface area contributed by atoms with Crippen LogP contribution in [0.3, 0.4) is 0 Å². The van der Waals surface area contributed by atoms with Gasteiger partial charge in [0.25, 0.3) is 0 Å². The van der Waals surface area contributed by atoms with Gasteiger partial charge in [-0.1, -0.05) is 259 Å². The third kappa shape index (κ3) is 40.7. The minimum Gasteiger partial charge on any atom is -0.394 e. The summed E-state index contributed by atoms with van der Waals surface area (Å²) in [6, 6.07) is -0.820. The van der Waals surface area contributed by atoms with E-state index in [1.54, 1.807) is 6.08 Å². The fourth-order valence-electron chi connectivity index (χ4n) is 9.01. The maximum atomic E-state index is 13.0. The van der Waals surface area contributed by atoms with Crippen LogP contribution in [0.5, 0.6) is 0 Å². The number of nitrogens with one attached hydrogen (secondary N) is 1. The van der Waals surface area contributed by atoms with Crippen LogP contribution < -0.4 is 5.32 Å². The van der Waals surface area contributed by atoms with E-state index in [-0.39, 0.29) is 12.5 Å². The number of carbonyl (C=O) groups excluding carboxylic acids is 1. The molecule has 0 saturated carbocycles. The zero-order chi connectivity index (χ0) is 52.2. The highest BCUT2D eigenvalue weighted by Crippen LogP contribution is 2.23. The Balaban J connectivity index is 1.98. The zero-order valence-corrected chi connectivity index (χ0v) is 46.2. The van der Waals surface area contributed by atoms with E-state index in [2.05, 4.69) is 92.1 Å². The molecule has 1 aliphatic heterocycles. The third-order valence-electron chi connectivity index (χ3n) is 13.7. The van der Waals surface area contributed by atoms with Gasteiger partial charge >= 0.3 is 0 Å². The Labute approximate surface area is 441 Å². The number of amides is 1. The smallest absolute Gasteiger partial charge is 0.220 e. The molecule has 1 aliphatic rings. The van der Waals surface area contributed by atoms with Crippen LogP contribution in [-0.2, 0) is 14.3 Å². The second-order valence-electron chi connectivity index (χ2n) is 20.4. The molecular weight excluding hydrogens is 899 g/mol.